The third-order valence-corrected chi connectivity index (χ3v) is 5.97. The molecule has 3 atom stereocenters. The smallest absolute Gasteiger partial charge is 0.226 e. The molecule has 3 aliphatic rings. The summed E-state index contributed by atoms with van der Waals surface area (Å²) in [5, 5.41) is 3.41. The van der Waals surface area contributed by atoms with Crippen LogP contribution in [0.4, 0.5) is 0 Å². The number of piperidine rings is 1. The van der Waals surface area contributed by atoms with Crippen LogP contribution in [0.3, 0.4) is 0 Å². The normalized spacial score (nSPS) is 31.4. The van der Waals surface area contributed by atoms with Crippen molar-refractivity contribution in [2.24, 2.45) is 11.3 Å². The molecule has 4 nitrogen and oxygen atoms in total. The van der Waals surface area contributed by atoms with E-state index in [1.807, 2.05) is 18.2 Å². The maximum Gasteiger partial charge on any atom is 0.226 e. The molecule has 1 aromatic rings. The van der Waals surface area contributed by atoms with Crippen LogP contribution in [0.2, 0.25) is 0 Å². The molecule has 0 aromatic heterocycles. The van der Waals surface area contributed by atoms with Crippen LogP contribution >= 0.6 is 12.4 Å². The Labute approximate surface area is 150 Å². The third-order valence-electron chi connectivity index (χ3n) is 5.97. The molecule has 5 heteroatoms. The van der Waals surface area contributed by atoms with Gasteiger partial charge in [0.1, 0.15) is 6.10 Å². The molecule has 132 valence electrons. The molecule has 3 unspecified atom stereocenters. The van der Waals surface area contributed by atoms with Crippen molar-refractivity contribution in [1.82, 2.24) is 10.2 Å². The first-order chi connectivity index (χ1) is 11.2. The maximum absolute atomic E-state index is 13.1. The van der Waals surface area contributed by atoms with E-state index >= 15 is 0 Å². The van der Waals surface area contributed by atoms with E-state index in [0.717, 1.165) is 32.4 Å². The zero-order chi connectivity index (χ0) is 15.9. The summed E-state index contributed by atoms with van der Waals surface area (Å²) in [4.78, 5) is 15.2. The highest BCUT2D eigenvalue weighted by Crippen LogP contribution is 2.59. The first kappa shape index (κ1) is 17.7. The summed E-state index contributed by atoms with van der Waals surface area (Å²) < 4.78 is 5.99. The van der Waals surface area contributed by atoms with E-state index in [4.69, 9.17) is 4.74 Å². The van der Waals surface area contributed by atoms with Gasteiger partial charge in [-0.2, -0.15) is 0 Å². The molecule has 1 aromatic carbocycles. The molecule has 1 N–H and O–H groups in total. The standard InChI is InChI=1S/C19H26N2O2.ClH/c1-14-13-23-17(15-5-3-2-4-6-15)12-21(14)18(22)16-11-19(16)7-9-20-10-8-19;/h2-6,14,16-17,20H,7-13H2,1H3;1H. The summed E-state index contributed by atoms with van der Waals surface area (Å²) in [5.41, 5.74) is 1.48. The number of ether oxygens (including phenoxy) is 1. The maximum atomic E-state index is 13.1. The van der Waals surface area contributed by atoms with E-state index in [2.05, 4.69) is 29.3 Å². The van der Waals surface area contributed by atoms with Gasteiger partial charge in [-0.1, -0.05) is 30.3 Å². The molecule has 3 fully saturated rings. The molecule has 4 rings (SSSR count). The highest BCUT2D eigenvalue weighted by Gasteiger charge is 2.59. The molecule has 0 radical (unpaired) electrons. The molecule has 2 aliphatic heterocycles. The number of hydrogen-bond donors (Lipinski definition) is 1. The van der Waals surface area contributed by atoms with Crippen LogP contribution in [0.25, 0.3) is 0 Å². The summed E-state index contributed by atoms with van der Waals surface area (Å²) in [5.74, 6) is 0.616. The highest BCUT2D eigenvalue weighted by atomic mass is 35.5. The lowest BCUT2D eigenvalue weighted by atomic mass is 9.91. The Morgan fingerprint density at radius 2 is 1.96 bits per heavy atom. The lowest BCUT2D eigenvalue weighted by Gasteiger charge is -2.39. The van der Waals surface area contributed by atoms with Crippen molar-refractivity contribution in [3.63, 3.8) is 0 Å². The summed E-state index contributed by atoms with van der Waals surface area (Å²) >= 11 is 0. The monoisotopic (exact) mass is 350 g/mol. The number of amides is 1. The first-order valence-electron chi connectivity index (χ1n) is 8.87. The minimum Gasteiger partial charge on any atom is -0.370 e. The zero-order valence-corrected chi connectivity index (χ0v) is 15.1. The summed E-state index contributed by atoms with van der Waals surface area (Å²) in [7, 11) is 0. The van der Waals surface area contributed by atoms with Crippen molar-refractivity contribution in [3.05, 3.63) is 35.9 Å². The average molecular weight is 351 g/mol. The molecule has 1 aliphatic carbocycles. The van der Waals surface area contributed by atoms with Gasteiger partial charge in [-0.15, -0.1) is 12.4 Å². The number of nitrogens with zero attached hydrogens (tertiary/aromatic N) is 1. The van der Waals surface area contributed by atoms with Gasteiger partial charge in [-0.3, -0.25) is 4.79 Å². The second-order valence-corrected chi connectivity index (χ2v) is 7.44. The first-order valence-corrected chi connectivity index (χ1v) is 8.87. The van der Waals surface area contributed by atoms with Gasteiger partial charge < -0.3 is 15.0 Å². The molecular formula is C19H27ClN2O2. The Balaban J connectivity index is 0.00000169. The number of halogens is 1. The average Bonchev–Trinajstić information content (AvgIpc) is 3.29. The van der Waals surface area contributed by atoms with Crippen LogP contribution in [-0.4, -0.2) is 43.1 Å². The fraction of sp³-hybridized carbons (Fsp3) is 0.632. The Hall–Kier alpha value is -1.10. The predicted octanol–water partition coefficient (Wildman–Crippen LogP) is 2.79. The fourth-order valence-electron chi connectivity index (χ4n) is 4.31. The molecular weight excluding hydrogens is 324 g/mol. The van der Waals surface area contributed by atoms with Crippen molar-refractivity contribution in [2.45, 2.75) is 38.3 Å². The Morgan fingerprint density at radius 3 is 2.67 bits per heavy atom. The number of benzene rings is 1. The van der Waals surface area contributed by atoms with E-state index in [1.54, 1.807) is 0 Å². The van der Waals surface area contributed by atoms with Crippen LogP contribution in [0.1, 0.15) is 37.9 Å². The van der Waals surface area contributed by atoms with Gasteiger partial charge in [0.2, 0.25) is 5.91 Å². The van der Waals surface area contributed by atoms with Gasteiger partial charge in [-0.25, -0.2) is 0 Å². The second kappa shape index (κ2) is 7.03. The number of nitrogens with one attached hydrogen (secondary N) is 1. The van der Waals surface area contributed by atoms with Crippen LogP contribution in [0.15, 0.2) is 30.3 Å². The Kier molecular flexibility index (Phi) is 5.19. The van der Waals surface area contributed by atoms with Gasteiger partial charge in [0.05, 0.1) is 19.2 Å². The van der Waals surface area contributed by atoms with E-state index in [1.165, 1.54) is 5.56 Å². The van der Waals surface area contributed by atoms with E-state index < -0.39 is 0 Å². The van der Waals surface area contributed by atoms with Crippen molar-refractivity contribution in [2.75, 3.05) is 26.2 Å². The summed E-state index contributed by atoms with van der Waals surface area (Å²) in [6.45, 7) is 5.56. The fourth-order valence-corrected chi connectivity index (χ4v) is 4.31. The Morgan fingerprint density at radius 1 is 1.25 bits per heavy atom. The zero-order valence-electron chi connectivity index (χ0n) is 14.2. The molecule has 2 saturated heterocycles. The topological polar surface area (TPSA) is 41.6 Å². The molecule has 1 amide bonds. The molecule has 1 saturated carbocycles. The lowest BCUT2D eigenvalue weighted by molar-refractivity contribution is -0.147. The molecule has 1 spiro atoms. The molecule has 2 heterocycles. The predicted molar refractivity (Wildman–Crippen MR) is 96.2 cm³/mol. The van der Waals surface area contributed by atoms with Crippen molar-refractivity contribution < 1.29 is 9.53 Å². The Bertz CT molecular complexity index is 574. The lowest BCUT2D eigenvalue weighted by Crippen LogP contribution is -2.49. The molecule has 24 heavy (non-hydrogen) atoms. The number of morpholine rings is 1. The van der Waals surface area contributed by atoms with Crippen molar-refractivity contribution in [3.8, 4) is 0 Å². The van der Waals surface area contributed by atoms with Gasteiger partial charge in [-0.05, 0) is 50.3 Å². The number of rotatable bonds is 2. The van der Waals surface area contributed by atoms with Gasteiger partial charge >= 0.3 is 0 Å². The van der Waals surface area contributed by atoms with Crippen LogP contribution in [-0.2, 0) is 9.53 Å². The van der Waals surface area contributed by atoms with Gasteiger partial charge in [0, 0.05) is 5.92 Å². The SMILES string of the molecule is CC1COC(c2ccccc2)CN1C(=O)C1CC12CCNCC2.Cl. The summed E-state index contributed by atoms with van der Waals surface area (Å²) in [6.07, 6.45) is 3.42. The van der Waals surface area contributed by atoms with Crippen LogP contribution < -0.4 is 5.32 Å². The summed E-state index contributed by atoms with van der Waals surface area (Å²) in [6, 6.07) is 10.5. The van der Waals surface area contributed by atoms with Crippen molar-refractivity contribution in [1.29, 1.82) is 0 Å². The quantitative estimate of drug-likeness (QED) is 0.891. The molecule has 0 bridgehead atoms. The van der Waals surface area contributed by atoms with Crippen LogP contribution in [0.5, 0.6) is 0 Å². The third kappa shape index (κ3) is 3.19. The van der Waals surface area contributed by atoms with Gasteiger partial charge in [0.25, 0.3) is 0 Å². The van der Waals surface area contributed by atoms with Gasteiger partial charge in [0.15, 0.2) is 0 Å². The highest BCUT2D eigenvalue weighted by molar-refractivity contribution is 5.85. The second-order valence-electron chi connectivity index (χ2n) is 7.44. The number of hydrogen-bond acceptors (Lipinski definition) is 3. The number of carbonyl (C=O) groups excluding carboxylic acids is 1. The largest absolute Gasteiger partial charge is 0.370 e. The van der Waals surface area contributed by atoms with Crippen molar-refractivity contribution >= 4 is 18.3 Å². The van der Waals surface area contributed by atoms with E-state index in [-0.39, 0.29) is 30.5 Å². The minimum atomic E-state index is 0. The minimum absolute atomic E-state index is 0. The van der Waals surface area contributed by atoms with E-state index in [0.29, 0.717) is 24.5 Å². The van der Waals surface area contributed by atoms with Crippen LogP contribution in [0, 0.1) is 11.3 Å². The van der Waals surface area contributed by atoms with E-state index in [9.17, 15) is 4.79 Å². The number of carbonyl (C=O) groups is 1.